The van der Waals surface area contributed by atoms with Gasteiger partial charge in [-0.25, -0.2) is 4.99 Å². The highest BCUT2D eigenvalue weighted by Crippen LogP contribution is 2.14. The number of aliphatic imine (C=N–C) groups is 1. The van der Waals surface area contributed by atoms with Crippen LogP contribution in [0.5, 0.6) is 5.75 Å². The van der Waals surface area contributed by atoms with Crippen LogP contribution < -0.4 is 10.1 Å². The van der Waals surface area contributed by atoms with E-state index < -0.39 is 0 Å². The highest BCUT2D eigenvalue weighted by molar-refractivity contribution is 14.0. The zero-order valence-corrected chi connectivity index (χ0v) is 16.8. The van der Waals surface area contributed by atoms with Gasteiger partial charge in [0.2, 0.25) is 5.89 Å². The third kappa shape index (κ3) is 5.99. The third-order valence-corrected chi connectivity index (χ3v) is 3.19. The van der Waals surface area contributed by atoms with Gasteiger partial charge in [0.15, 0.2) is 11.8 Å². The molecule has 1 aromatic heterocycles. The Kier molecular flexibility index (Phi) is 8.51. The van der Waals surface area contributed by atoms with E-state index in [4.69, 9.17) is 9.26 Å². The van der Waals surface area contributed by atoms with Gasteiger partial charge >= 0.3 is 0 Å². The van der Waals surface area contributed by atoms with Gasteiger partial charge < -0.3 is 19.5 Å². The van der Waals surface area contributed by atoms with Gasteiger partial charge in [-0.15, -0.1) is 24.0 Å². The van der Waals surface area contributed by atoms with Crippen LogP contribution >= 0.6 is 24.0 Å². The highest BCUT2D eigenvalue weighted by atomic mass is 127. The van der Waals surface area contributed by atoms with E-state index in [1.807, 2.05) is 37.1 Å². The number of ether oxygens (including phenoxy) is 1. The second-order valence-electron chi connectivity index (χ2n) is 5.11. The van der Waals surface area contributed by atoms with Crippen molar-refractivity contribution in [2.24, 2.45) is 4.99 Å². The Morgan fingerprint density at radius 3 is 2.83 bits per heavy atom. The molecule has 0 spiro atoms. The number of nitrogens with zero attached hydrogens (tertiary/aromatic N) is 4. The Hall–Kier alpha value is -1.84. The molecule has 132 valence electrons. The number of guanidine groups is 1. The molecular formula is C16H24IN5O2. The van der Waals surface area contributed by atoms with E-state index in [1.54, 1.807) is 14.0 Å². The van der Waals surface area contributed by atoms with Crippen LogP contribution in [-0.4, -0.2) is 41.7 Å². The van der Waals surface area contributed by atoms with E-state index >= 15 is 0 Å². The molecule has 0 unspecified atom stereocenters. The van der Waals surface area contributed by atoms with Crippen LogP contribution in [0.3, 0.4) is 0 Å². The van der Waals surface area contributed by atoms with Crippen molar-refractivity contribution in [2.75, 3.05) is 20.7 Å². The van der Waals surface area contributed by atoms with Crippen molar-refractivity contribution < 1.29 is 9.26 Å². The summed E-state index contributed by atoms with van der Waals surface area (Å²) in [5.41, 5.74) is 1.15. The van der Waals surface area contributed by atoms with E-state index in [2.05, 4.69) is 26.5 Å². The molecular weight excluding hydrogens is 421 g/mol. The van der Waals surface area contributed by atoms with E-state index in [-0.39, 0.29) is 24.0 Å². The maximum atomic E-state index is 5.26. The van der Waals surface area contributed by atoms with Gasteiger partial charge in [-0.2, -0.15) is 4.98 Å². The molecule has 0 aliphatic heterocycles. The quantitative estimate of drug-likeness (QED) is 0.419. The van der Waals surface area contributed by atoms with Crippen molar-refractivity contribution >= 4 is 29.9 Å². The first kappa shape index (κ1) is 20.2. The largest absolute Gasteiger partial charge is 0.497 e. The molecule has 0 aliphatic rings. The van der Waals surface area contributed by atoms with E-state index in [0.717, 1.165) is 23.8 Å². The maximum Gasteiger partial charge on any atom is 0.223 e. The van der Waals surface area contributed by atoms with Crippen LogP contribution in [0.25, 0.3) is 0 Å². The minimum atomic E-state index is 0. The standard InChI is InChI=1S/C16H23N5O2.HI/c1-5-17-16(18-10-15-19-12(2)23-20-15)21(3)11-13-7-6-8-14(9-13)22-4;/h6-9H,5,10-11H2,1-4H3,(H,17,18);1H. The van der Waals surface area contributed by atoms with E-state index in [9.17, 15) is 0 Å². The Labute approximate surface area is 159 Å². The smallest absolute Gasteiger partial charge is 0.223 e. The van der Waals surface area contributed by atoms with Crippen LogP contribution in [0.2, 0.25) is 0 Å². The van der Waals surface area contributed by atoms with Gasteiger partial charge in [-0.3, -0.25) is 0 Å². The zero-order chi connectivity index (χ0) is 16.7. The number of aryl methyl sites for hydroxylation is 1. The lowest BCUT2D eigenvalue weighted by molar-refractivity contribution is 0.387. The van der Waals surface area contributed by atoms with Crippen LogP contribution in [0.4, 0.5) is 0 Å². The van der Waals surface area contributed by atoms with Crippen molar-refractivity contribution in [3.05, 3.63) is 41.5 Å². The topological polar surface area (TPSA) is 75.8 Å². The molecule has 1 N–H and O–H groups in total. The Morgan fingerprint density at radius 2 is 2.21 bits per heavy atom. The summed E-state index contributed by atoms with van der Waals surface area (Å²) in [5, 5.41) is 7.12. The molecule has 2 aromatic rings. The predicted molar refractivity (Wildman–Crippen MR) is 104 cm³/mol. The molecule has 1 aromatic carbocycles. The first-order chi connectivity index (χ1) is 11.1. The van der Waals surface area contributed by atoms with Gasteiger partial charge in [0.25, 0.3) is 0 Å². The van der Waals surface area contributed by atoms with E-state index in [1.165, 1.54) is 0 Å². The lowest BCUT2D eigenvalue weighted by atomic mass is 10.2. The summed E-state index contributed by atoms with van der Waals surface area (Å²) >= 11 is 0. The number of halogens is 1. The Balaban J connectivity index is 0.00000288. The fraction of sp³-hybridized carbons (Fsp3) is 0.438. The number of nitrogens with one attached hydrogen (secondary N) is 1. The van der Waals surface area contributed by atoms with Crippen molar-refractivity contribution in [3.8, 4) is 5.75 Å². The summed E-state index contributed by atoms with van der Waals surface area (Å²) in [5.74, 6) is 2.76. The summed E-state index contributed by atoms with van der Waals surface area (Å²) in [6, 6.07) is 7.99. The predicted octanol–water partition coefficient (Wildman–Crippen LogP) is 2.60. The zero-order valence-electron chi connectivity index (χ0n) is 14.4. The van der Waals surface area contributed by atoms with Crippen molar-refractivity contribution in [3.63, 3.8) is 0 Å². The second kappa shape index (κ2) is 10.1. The fourth-order valence-corrected chi connectivity index (χ4v) is 2.14. The summed E-state index contributed by atoms with van der Waals surface area (Å²) in [6.45, 7) is 5.68. The summed E-state index contributed by atoms with van der Waals surface area (Å²) in [7, 11) is 3.66. The van der Waals surface area contributed by atoms with Crippen LogP contribution in [0.15, 0.2) is 33.8 Å². The molecule has 7 nitrogen and oxygen atoms in total. The summed E-state index contributed by atoms with van der Waals surface area (Å²) in [6.07, 6.45) is 0. The SMILES string of the molecule is CCNC(=NCc1noc(C)n1)N(C)Cc1cccc(OC)c1.I. The number of hydrogen-bond acceptors (Lipinski definition) is 5. The summed E-state index contributed by atoms with van der Waals surface area (Å²) < 4.78 is 10.2. The molecule has 0 bridgehead atoms. The number of benzene rings is 1. The number of hydrogen-bond donors (Lipinski definition) is 1. The molecule has 0 saturated carbocycles. The average Bonchev–Trinajstić information content (AvgIpc) is 2.97. The van der Waals surface area contributed by atoms with Crippen molar-refractivity contribution in [2.45, 2.75) is 26.9 Å². The molecule has 0 aliphatic carbocycles. The molecule has 0 amide bonds. The van der Waals surface area contributed by atoms with Gasteiger partial charge in [-0.05, 0) is 24.6 Å². The molecule has 8 heteroatoms. The monoisotopic (exact) mass is 445 g/mol. The molecule has 1 heterocycles. The molecule has 24 heavy (non-hydrogen) atoms. The maximum absolute atomic E-state index is 5.26. The van der Waals surface area contributed by atoms with Crippen molar-refractivity contribution in [1.82, 2.24) is 20.4 Å². The van der Waals surface area contributed by atoms with Crippen LogP contribution in [-0.2, 0) is 13.1 Å². The molecule has 0 saturated heterocycles. The number of aromatic nitrogens is 2. The van der Waals surface area contributed by atoms with Crippen LogP contribution in [0.1, 0.15) is 24.2 Å². The fourth-order valence-electron chi connectivity index (χ4n) is 2.14. The lowest BCUT2D eigenvalue weighted by Crippen LogP contribution is -2.38. The molecule has 0 atom stereocenters. The second-order valence-corrected chi connectivity index (χ2v) is 5.11. The van der Waals surface area contributed by atoms with Gasteiger partial charge in [0, 0.05) is 27.1 Å². The van der Waals surface area contributed by atoms with Crippen LogP contribution in [0, 0.1) is 6.92 Å². The highest BCUT2D eigenvalue weighted by Gasteiger charge is 2.08. The molecule has 0 fully saturated rings. The number of rotatable bonds is 6. The normalized spacial score (nSPS) is 10.9. The number of methoxy groups -OCH3 is 1. The molecule has 0 radical (unpaired) electrons. The average molecular weight is 445 g/mol. The van der Waals surface area contributed by atoms with Gasteiger partial charge in [0.1, 0.15) is 12.3 Å². The first-order valence-electron chi connectivity index (χ1n) is 7.54. The van der Waals surface area contributed by atoms with Gasteiger partial charge in [0.05, 0.1) is 7.11 Å². The van der Waals surface area contributed by atoms with Gasteiger partial charge in [-0.1, -0.05) is 17.3 Å². The lowest BCUT2D eigenvalue weighted by Gasteiger charge is -2.22. The Bertz CT molecular complexity index is 659. The minimum absolute atomic E-state index is 0. The first-order valence-corrected chi connectivity index (χ1v) is 7.54. The summed E-state index contributed by atoms with van der Waals surface area (Å²) in [4.78, 5) is 10.8. The third-order valence-electron chi connectivity index (χ3n) is 3.19. The van der Waals surface area contributed by atoms with E-state index in [0.29, 0.717) is 24.8 Å². The van der Waals surface area contributed by atoms with Crippen molar-refractivity contribution in [1.29, 1.82) is 0 Å². The molecule has 2 rings (SSSR count). The minimum Gasteiger partial charge on any atom is -0.497 e. The Morgan fingerprint density at radius 1 is 1.42 bits per heavy atom.